The standard InChI is InChI=1S/C46H66O5/c1-41(2)25-27-46(40(49)50-30-33-15-11-8-12-16-33)28-26-44(5)34(35(46)29-41)18-19-37-42(3)23-22-38(47)43(4,36(42)21-24-45(37,44)6)31-51-39(48)20-17-32-13-9-7-10-14-32/h8,11-12,15-16,18,32,35-37H,7,9-10,13-14,17,19-31H2,1-6H3/t35-,36+,37+,42-,43-,44+,45+,46-/m0/s1. The van der Waals surface area contributed by atoms with Gasteiger partial charge in [0, 0.05) is 12.8 Å². The van der Waals surface area contributed by atoms with E-state index in [0.29, 0.717) is 31.3 Å². The normalized spacial score (nSPS) is 40.5. The lowest BCUT2D eigenvalue weighted by molar-refractivity contribution is -0.198. The maximum Gasteiger partial charge on any atom is 0.313 e. The first-order valence-electron chi connectivity index (χ1n) is 20.8. The molecule has 5 heteroatoms. The highest BCUT2D eigenvalue weighted by Gasteiger charge is 2.70. The Kier molecular flexibility index (Phi) is 9.74. The summed E-state index contributed by atoms with van der Waals surface area (Å²) < 4.78 is 12.3. The van der Waals surface area contributed by atoms with Crippen molar-refractivity contribution in [1.29, 1.82) is 0 Å². The van der Waals surface area contributed by atoms with E-state index in [2.05, 4.69) is 47.6 Å². The Balaban J connectivity index is 1.13. The van der Waals surface area contributed by atoms with Crippen molar-refractivity contribution in [2.24, 2.45) is 56.2 Å². The van der Waals surface area contributed by atoms with Gasteiger partial charge in [0.25, 0.3) is 0 Å². The maximum absolute atomic E-state index is 14.3. The van der Waals surface area contributed by atoms with Crippen LogP contribution in [-0.2, 0) is 30.5 Å². The van der Waals surface area contributed by atoms with E-state index in [1.54, 1.807) is 0 Å². The number of carbonyl (C=O) groups is 3. The Morgan fingerprint density at radius 1 is 0.804 bits per heavy atom. The number of allylic oxidation sites excluding steroid dienone is 2. The smallest absolute Gasteiger partial charge is 0.313 e. The Labute approximate surface area is 308 Å². The van der Waals surface area contributed by atoms with Crippen LogP contribution < -0.4 is 0 Å². The predicted octanol–water partition coefficient (Wildman–Crippen LogP) is 11.0. The average Bonchev–Trinajstić information content (AvgIpc) is 3.11. The van der Waals surface area contributed by atoms with Crippen molar-refractivity contribution in [3.63, 3.8) is 0 Å². The van der Waals surface area contributed by atoms with Crippen molar-refractivity contribution in [2.45, 2.75) is 157 Å². The number of hydrogen-bond donors (Lipinski definition) is 0. The summed E-state index contributed by atoms with van der Waals surface area (Å²) in [5.74, 6) is 1.63. The van der Waals surface area contributed by atoms with E-state index in [4.69, 9.17) is 9.47 Å². The molecule has 6 aliphatic rings. The largest absolute Gasteiger partial charge is 0.465 e. The summed E-state index contributed by atoms with van der Waals surface area (Å²) in [7, 11) is 0. The summed E-state index contributed by atoms with van der Waals surface area (Å²) >= 11 is 0. The van der Waals surface area contributed by atoms with Gasteiger partial charge in [-0.05, 0) is 122 Å². The van der Waals surface area contributed by atoms with Crippen molar-refractivity contribution in [2.75, 3.05) is 6.61 Å². The number of benzene rings is 1. The fourth-order valence-corrected chi connectivity index (χ4v) is 13.4. The van der Waals surface area contributed by atoms with E-state index in [-0.39, 0.29) is 57.8 Å². The summed E-state index contributed by atoms with van der Waals surface area (Å²) in [4.78, 5) is 41.3. The molecule has 6 aliphatic carbocycles. The molecule has 0 aliphatic heterocycles. The first-order chi connectivity index (χ1) is 24.2. The van der Waals surface area contributed by atoms with Crippen LogP contribution in [0.2, 0.25) is 0 Å². The molecular weight excluding hydrogens is 633 g/mol. The molecule has 1 aromatic rings. The van der Waals surface area contributed by atoms with Gasteiger partial charge in [-0.25, -0.2) is 0 Å². The second kappa shape index (κ2) is 13.5. The number of rotatable bonds is 8. The topological polar surface area (TPSA) is 69.7 Å². The number of hydrogen-bond acceptors (Lipinski definition) is 5. The number of ether oxygens (including phenoxy) is 2. The van der Waals surface area contributed by atoms with Crippen LogP contribution in [0.4, 0.5) is 0 Å². The van der Waals surface area contributed by atoms with Gasteiger partial charge in [0.05, 0.1) is 10.8 Å². The zero-order valence-electron chi connectivity index (χ0n) is 32.7. The van der Waals surface area contributed by atoms with Crippen LogP contribution in [0.1, 0.15) is 156 Å². The molecular formula is C46H66O5. The zero-order valence-corrected chi connectivity index (χ0v) is 32.7. The molecule has 0 aromatic heterocycles. The molecule has 0 amide bonds. The maximum atomic E-state index is 14.3. The number of ketones is 1. The van der Waals surface area contributed by atoms with Crippen molar-refractivity contribution >= 4 is 17.7 Å². The van der Waals surface area contributed by atoms with E-state index in [1.807, 2.05) is 30.3 Å². The fourth-order valence-electron chi connectivity index (χ4n) is 13.4. The Bertz CT molecular complexity index is 1520. The summed E-state index contributed by atoms with van der Waals surface area (Å²) in [6.45, 7) is 15.1. The first-order valence-corrected chi connectivity index (χ1v) is 20.8. The van der Waals surface area contributed by atoms with Gasteiger partial charge < -0.3 is 9.47 Å². The Hall–Kier alpha value is -2.43. The SMILES string of the molecule is CC1(C)CC[C@]2(C(=O)OCc3ccccc3)CC[C@]3(C)C(=CC[C@@H]4[C@@]5(C)CCC(=O)[C@@](C)(COC(=O)CCC6CCCCC6)[C@@H]5CC[C@]43C)[C@@H]2C1. The van der Waals surface area contributed by atoms with E-state index in [9.17, 15) is 14.4 Å². The van der Waals surface area contributed by atoms with Crippen molar-refractivity contribution < 1.29 is 23.9 Å². The molecule has 51 heavy (non-hydrogen) atoms. The molecule has 5 fully saturated rings. The van der Waals surface area contributed by atoms with Crippen LogP contribution in [0.3, 0.4) is 0 Å². The summed E-state index contributed by atoms with van der Waals surface area (Å²) in [5, 5.41) is 0. The minimum absolute atomic E-state index is 0.00703. The molecule has 0 unspecified atom stereocenters. The van der Waals surface area contributed by atoms with Gasteiger partial charge in [-0.2, -0.15) is 0 Å². The van der Waals surface area contributed by atoms with Gasteiger partial charge in [-0.1, -0.05) is 109 Å². The molecule has 5 nitrogen and oxygen atoms in total. The summed E-state index contributed by atoms with van der Waals surface area (Å²) in [5.41, 5.74) is 1.66. The van der Waals surface area contributed by atoms with Crippen molar-refractivity contribution in [3.8, 4) is 0 Å². The van der Waals surface area contributed by atoms with E-state index < -0.39 is 10.8 Å². The molecule has 0 radical (unpaired) electrons. The third-order valence-corrected chi connectivity index (χ3v) is 16.8. The lowest BCUT2D eigenvalue weighted by atomic mass is 9.33. The third kappa shape index (κ3) is 6.17. The van der Waals surface area contributed by atoms with Crippen molar-refractivity contribution in [3.05, 3.63) is 47.5 Å². The molecule has 1 aromatic carbocycles. The minimum atomic E-state index is -0.642. The highest BCUT2D eigenvalue weighted by molar-refractivity contribution is 5.86. The zero-order chi connectivity index (χ0) is 36.3. The first kappa shape index (κ1) is 36.9. The molecule has 8 atom stereocenters. The molecule has 0 N–H and O–H groups in total. The monoisotopic (exact) mass is 698 g/mol. The van der Waals surface area contributed by atoms with Gasteiger partial charge in [-0.15, -0.1) is 0 Å². The fraction of sp³-hybridized carbons (Fsp3) is 0.761. The number of esters is 2. The Morgan fingerprint density at radius 2 is 1.53 bits per heavy atom. The van der Waals surface area contributed by atoms with E-state index in [0.717, 1.165) is 69.8 Å². The predicted molar refractivity (Wildman–Crippen MR) is 201 cm³/mol. The van der Waals surface area contributed by atoms with Crippen molar-refractivity contribution in [1.82, 2.24) is 0 Å². The molecule has 7 rings (SSSR count). The van der Waals surface area contributed by atoms with Crippen LogP contribution in [0.15, 0.2) is 42.0 Å². The molecule has 0 saturated heterocycles. The van der Waals surface area contributed by atoms with Crippen LogP contribution in [0.25, 0.3) is 0 Å². The third-order valence-electron chi connectivity index (χ3n) is 16.8. The second-order valence-electron chi connectivity index (χ2n) is 20.0. The second-order valence-corrected chi connectivity index (χ2v) is 20.0. The van der Waals surface area contributed by atoms with E-state index >= 15 is 0 Å². The summed E-state index contributed by atoms with van der Waals surface area (Å²) in [6.07, 6.45) is 19.7. The van der Waals surface area contributed by atoms with Gasteiger partial charge in [-0.3, -0.25) is 14.4 Å². The molecule has 0 heterocycles. The quantitative estimate of drug-likeness (QED) is 0.200. The van der Waals surface area contributed by atoms with Gasteiger partial charge in [0.1, 0.15) is 19.0 Å². The molecule has 0 spiro atoms. The van der Waals surface area contributed by atoms with Crippen LogP contribution in [0, 0.1) is 56.2 Å². The molecule has 0 bridgehead atoms. The lowest BCUT2D eigenvalue weighted by Gasteiger charge is -2.70. The molecule has 280 valence electrons. The van der Waals surface area contributed by atoms with Crippen LogP contribution >= 0.6 is 0 Å². The number of fused-ring (bicyclic) bond motifs is 7. The molecule has 5 saturated carbocycles. The minimum Gasteiger partial charge on any atom is -0.465 e. The van der Waals surface area contributed by atoms with Crippen LogP contribution in [0.5, 0.6) is 0 Å². The summed E-state index contributed by atoms with van der Waals surface area (Å²) in [6, 6.07) is 10.1. The van der Waals surface area contributed by atoms with Gasteiger partial charge >= 0.3 is 11.9 Å². The van der Waals surface area contributed by atoms with Crippen LogP contribution in [-0.4, -0.2) is 24.3 Å². The lowest BCUT2D eigenvalue weighted by Crippen LogP contribution is -2.65. The highest BCUT2D eigenvalue weighted by atomic mass is 16.5. The Morgan fingerprint density at radius 3 is 2.27 bits per heavy atom. The average molecular weight is 699 g/mol. The van der Waals surface area contributed by atoms with Gasteiger partial charge in [0.15, 0.2) is 0 Å². The highest BCUT2D eigenvalue weighted by Crippen LogP contribution is 2.75. The number of carbonyl (C=O) groups excluding carboxylic acids is 3. The van der Waals surface area contributed by atoms with Gasteiger partial charge in [0.2, 0.25) is 0 Å². The van der Waals surface area contributed by atoms with E-state index in [1.165, 1.54) is 37.7 Å². The number of Topliss-reactive ketones (excluding diaryl/α,β-unsaturated/α-hetero) is 1.